The van der Waals surface area contributed by atoms with Gasteiger partial charge in [-0.3, -0.25) is 9.78 Å². The van der Waals surface area contributed by atoms with Crippen molar-refractivity contribution in [3.8, 4) is 5.69 Å². The van der Waals surface area contributed by atoms with E-state index < -0.39 is 29.3 Å². The normalized spacial score (nSPS) is 16.1. The zero-order valence-electron chi connectivity index (χ0n) is 17.5. The van der Waals surface area contributed by atoms with Crippen LogP contribution in [0.1, 0.15) is 47.8 Å². The summed E-state index contributed by atoms with van der Waals surface area (Å²) in [7, 11) is 0. The second-order valence-electron chi connectivity index (χ2n) is 8.21. The highest BCUT2D eigenvalue weighted by Crippen LogP contribution is 2.41. The van der Waals surface area contributed by atoms with Crippen molar-refractivity contribution in [2.75, 3.05) is 5.32 Å². The number of carbonyl (C=O) groups excluding carboxylic acids is 1. The lowest BCUT2D eigenvalue weighted by Crippen LogP contribution is -2.24. The molecule has 3 aromatic heterocycles. The zero-order valence-corrected chi connectivity index (χ0v) is 17.5. The Morgan fingerprint density at radius 2 is 1.82 bits per heavy atom. The van der Waals surface area contributed by atoms with Crippen LogP contribution in [0.4, 0.5) is 27.6 Å². The number of fused-ring (bicyclic) bond motifs is 1. The minimum atomic E-state index is -2.72. The Labute approximate surface area is 189 Å². The van der Waals surface area contributed by atoms with Crippen molar-refractivity contribution in [2.45, 2.75) is 37.5 Å². The van der Waals surface area contributed by atoms with E-state index in [-0.39, 0.29) is 59.8 Å². The highest BCUT2D eigenvalue weighted by Gasteiger charge is 2.36. The van der Waals surface area contributed by atoms with E-state index in [0.717, 1.165) is 22.9 Å². The number of halogens is 5. The van der Waals surface area contributed by atoms with Crippen LogP contribution in [0, 0.1) is 17.5 Å². The fraction of sp³-hybridized carbons (Fsp3) is 0.273. The van der Waals surface area contributed by atoms with Crippen LogP contribution in [0.25, 0.3) is 16.6 Å². The van der Waals surface area contributed by atoms with E-state index in [4.69, 9.17) is 0 Å². The molecule has 0 aliphatic heterocycles. The van der Waals surface area contributed by atoms with Crippen LogP contribution in [0.3, 0.4) is 0 Å². The maximum atomic E-state index is 14.7. The van der Waals surface area contributed by atoms with E-state index >= 15 is 0 Å². The van der Waals surface area contributed by atoms with Gasteiger partial charge in [-0.2, -0.15) is 0 Å². The number of benzene rings is 1. The number of hydrogen-bond donors (Lipinski definition) is 2. The molecular weight excluding hydrogens is 459 g/mol. The number of aromatic amines is 1. The molecule has 5 rings (SSSR count). The predicted molar refractivity (Wildman–Crippen MR) is 111 cm³/mol. The highest BCUT2D eigenvalue weighted by molar-refractivity contribution is 6.07. The van der Waals surface area contributed by atoms with Gasteiger partial charge in [0.15, 0.2) is 17.3 Å². The minimum absolute atomic E-state index is 0.115. The van der Waals surface area contributed by atoms with Crippen molar-refractivity contribution in [3.63, 3.8) is 0 Å². The fourth-order valence-corrected chi connectivity index (χ4v) is 4.08. The van der Waals surface area contributed by atoms with Crippen LogP contribution in [0.5, 0.6) is 0 Å². The maximum absolute atomic E-state index is 14.7. The topological polar surface area (TPSA) is 88.5 Å². The van der Waals surface area contributed by atoms with Gasteiger partial charge in [-0.15, -0.1) is 5.10 Å². The Hall–Kier alpha value is -3.83. The van der Waals surface area contributed by atoms with Crippen LogP contribution in [-0.4, -0.2) is 36.8 Å². The lowest BCUT2D eigenvalue weighted by Gasteiger charge is -2.28. The number of rotatable bonds is 4. The van der Waals surface area contributed by atoms with Crippen molar-refractivity contribution in [3.05, 3.63) is 65.6 Å². The standard InChI is InChI=1S/C22H17F5N6O/c23-14-6-13-17(7-15(14)24)28-9-18(13)30-21(34)19-10-33(32-31-19)12-5-16(25)20(29-8-12)11-1-3-22(26,27)4-2-11/h5-11,28H,1-4H2,(H,30,34). The Morgan fingerprint density at radius 1 is 1.09 bits per heavy atom. The third-order valence-electron chi connectivity index (χ3n) is 5.92. The number of pyridine rings is 1. The van der Waals surface area contributed by atoms with Gasteiger partial charge in [0.05, 0.1) is 35.0 Å². The van der Waals surface area contributed by atoms with E-state index in [9.17, 15) is 26.7 Å². The number of nitrogens with zero attached hydrogens (tertiary/aromatic N) is 4. The summed E-state index contributed by atoms with van der Waals surface area (Å²) < 4.78 is 69.5. The molecule has 1 aliphatic rings. The summed E-state index contributed by atoms with van der Waals surface area (Å²) in [5, 5.41) is 10.4. The summed E-state index contributed by atoms with van der Waals surface area (Å²) in [6.07, 6.45) is 3.65. The van der Waals surface area contributed by atoms with Crippen LogP contribution in [-0.2, 0) is 0 Å². The van der Waals surface area contributed by atoms with Crippen molar-refractivity contribution in [2.24, 2.45) is 0 Å². The first-order chi connectivity index (χ1) is 16.2. The number of aromatic nitrogens is 5. The van der Waals surface area contributed by atoms with E-state index in [1.54, 1.807) is 0 Å². The van der Waals surface area contributed by atoms with Crippen molar-refractivity contribution < 1.29 is 26.7 Å². The first kappa shape index (κ1) is 22.0. The zero-order chi connectivity index (χ0) is 24.0. The quantitative estimate of drug-likeness (QED) is 0.401. The molecule has 2 N–H and O–H groups in total. The van der Waals surface area contributed by atoms with Gasteiger partial charge < -0.3 is 10.3 Å². The molecule has 176 valence electrons. The molecule has 7 nitrogen and oxygen atoms in total. The van der Waals surface area contributed by atoms with Gasteiger partial charge in [0.2, 0.25) is 5.92 Å². The summed E-state index contributed by atoms with van der Waals surface area (Å²) in [6, 6.07) is 3.08. The van der Waals surface area contributed by atoms with Crippen molar-refractivity contribution in [1.29, 1.82) is 0 Å². The molecule has 0 saturated heterocycles. The number of H-pyrrole nitrogens is 1. The molecule has 3 heterocycles. The second-order valence-corrected chi connectivity index (χ2v) is 8.21. The summed E-state index contributed by atoms with van der Waals surface area (Å²) in [5.41, 5.74) is 0.708. The molecule has 1 saturated carbocycles. The van der Waals surface area contributed by atoms with Gasteiger partial charge in [0.1, 0.15) is 5.82 Å². The monoisotopic (exact) mass is 476 g/mol. The van der Waals surface area contributed by atoms with Gasteiger partial charge in [0.25, 0.3) is 5.91 Å². The van der Waals surface area contributed by atoms with Crippen molar-refractivity contribution >= 4 is 22.5 Å². The summed E-state index contributed by atoms with van der Waals surface area (Å²) >= 11 is 0. The largest absolute Gasteiger partial charge is 0.359 e. The molecule has 0 radical (unpaired) electrons. The molecule has 12 heteroatoms. The molecule has 0 bridgehead atoms. The Bertz CT molecular complexity index is 1390. The fourth-order valence-electron chi connectivity index (χ4n) is 4.08. The molecule has 1 amide bonds. The van der Waals surface area contributed by atoms with Crippen LogP contribution in [0.15, 0.2) is 36.8 Å². The average Bonchev–Trinajstić information content (AvgIpc) is 3.43. The van der Waals surface area contributed by atoms with Gasteiger partial charge in [0, 0.05) is 42.5 Å². The minimum Gasteiger partial charge on any atom is -0.359 e. The predicted octanol–water partition coefficient (Wildman–Crippen LogP) is 5.11. The van der Waals surface area contributed by atoms with E-state index in [2.05, 4.69) is 25.6 Å². The number of alkyl halides is 2. The summed E-state index contributed by atoms with van der Waals surface area (Å²) in [6.45, 7) is 0. The Kier molecular flexibility index (Phi) is 5.29. The first-order valence-electron chi connectivity index (χ1n) is 10.4. The van der Waals surface area contributed by atoms with E-state index in [1.165, 1.54) is 18.6 Å². The molecule has 0 atom stereocenters. The summed E-state index contributed by atoms with van der Waals surface area (Å²) in [4.78, 5) is 19.4. The first-order valence-corrected chi connectivity index (χ1v) is 10.4. The second kappa shape index (κ2) is 8.19. The Morgan fingerprint density at radius 3 is 2.56 bits per heavy atom. The number of carbonyl (C=O) groups is 1. The number of hydrogen-bond acceptors (Lipinski definition) is 4. The number of nitrogens with one attached hydrogen (secondary N) is 2. The van der Waals surface area contributed by atoms with Crippen LogP contribution < -0.4 is 5.32 Å². The lowest BCUT2D eigenvalue weighted by molar-refractivity contribution is -0.0387. The lowest BCUT2D eigenvalue weighted by atomic mass is 9.84. The SMILES string of the molecule is O=C(Nc1c[nH]c2cc(F)c(F)cc12)c1cn(-c2cnc(C3CCC(F)(F)CC3)c(F)c2)nn1. The molecule has 1 fully saturated rings. The molecule has 4 aromatic rings. The molecule has 1 aromatic carbocycles. The van der Waals surface area contributed by atoms with Gasteiger partial charge >= 0.3 is 0 Å². The summed E-state index contributed by atoms with van der Waals surface area (Å²) in [5.74, 6) is -6.52. The molecule has 0 spiro atoms. The highest BCUT2D eigenvalue weighted by atomic mass is 19.3. The van der Waals surface area contributed by atoms with E-state index in [1.807, 2.05) is 0 Å². The smallest absolute Gasteiger partial charge is 0.277 e. The van der Waals surface area contributed by atoms with Gasteiger partial charge in [-0.1, -0.05) is 5.21 Å². The maximum Gasteiger partial charge on any atom is 0.277 e. The Balaban J connectivity index is 1.32. The molecule has 34 heavy (non-hydrogen) atoms. The third-order valence-corrected chi connectivity index (χ3v) is 5.92. The third kappa shape index (κ3) is 4.11. The molecule has 0 unspecified atom stereocenters. The molecular formula is C22H17F5N6O. The average molecular weight is 476 g/mol. The van der Waals surface area contributed by atoms with E-state index in [0.29, 0.717) is 5.52 Å². The van der Waals surface area contributed by atoms with Gasteiger partial charge in [-0.25, -0.2) is 26.6 Å². The van der Waals surface area contributed by atoms with Gasteiger partial charge in [-0.05, 0) is 18.9 Å². The molecule has 1 aliphatic carbocycles. The number of amides is 1. The van der Waals surface area contributed by atoms with Crippen molar-refractivity contribution in [1.82, 2.24) is 25.0 Å². The number of anilines is 1. The van der Waals surface area contributed by atoms with Crippen LogP contribution >= 0.6 is 0 Å². The van der Waals surface area contributed by atoms with Crippen LogP contribution in [0.2, 0.25) is 0 Å².